The van der Waals surface area contributed by atoms with Gasteiger partial charge < -0.3 is 15.1 Å². The fourth-order valence-corrected chi connectivity index (χ4v) is 3.84. The van der Waals surface area contributed by atoms with E-state index in [1.807, 2.05) is 18.2 Å². The van der Waals surface area contributed by atoms with Gasteiger partial charge in [-0.2, -0.15) is 0 Å². The topological polar surface area (TPSA) is 64.6 Å². The van der Waals surface area contributed by atoms with Crippen molar-refractivity contribution in [3.63, 3.8) is 0 Å². The van der Waals surface area contributed by atoms with Crippen molar-refractivity contribution < 1.29 is 4.79 Å². The van der Waals surface area contributed by atoms with E-state index in [4.69, 9.17) is 0 Å². The number of hydrogen-bond acceptors (Lipinski definition) is 6. The highest BCUT2D eigenvalue weighted by Gasteiger charge is 2.19. The first kappa shape index (κ1) is 18.7. The van der Waals surface area contributed by atoms with Gasteiger partial charge in [-0.25, -0.2) is 9.97 Å². The number of piperazine rings is 1. The van der Waals surface area contributed by atoms with E-state index in [9.17, 15) is 4.79 Å². The molecule has 3 heterocycles. The molecule has 2 aliphatic heterocycles. The lowest BCUT2D eigenvalue weighted by atomic mass is 10.2. The van der Waals surface area contributed by atoms with Crippen LogP contribution in [0.2, 0.25) is 0 Å². The van der Waals surface area contributed by atoms with Crippen LogP contribution in [-0.2, 0) is 4.79 Å². The summed E-state index contributed by atoms with van der Waals surface area (Å²) in [6.45, 7) is 6.69. The summed E-state index contributed by atoms with van der Waals surface area (Å²) in [5.74, 6) is 0.861. The van der Waals surface area contributed by atoms with Crippen molar-refractivity contribution in [3.05, 3.63) is 42.7 Å². The quantitative estimate of drug-likeness (QED) is 0.829. The van der Waals surface area contributed by atoms with Crippen LogP contribution >= 0.6 is 0 Å². The second-order valence-corrected chi connectivity index (χ2v) is 7.42. The van der Waals surface area contributed by atoms with Gasteiger partial charge in [-0.1, -0.05) is 0 Å². The largest absolute Gasteiger partial charge is 0.372 e. The third-order valence-corrected chi connectivity index (χ3v) is 5.48. The molecular weight excluding hydrogens is 352 g/mol. The van der Waals surface area contributed by atoms with Crippen LogP contribution in [-0.4, -0.2) is 66.6 Å². The first-order valence-electron chi connectivity index (χ1n) is 10.2. The maximum atomic E-state index is 12.3. The predicted octanol–water partition coefficient (Wildman–Crippen LogP) is 2.23. The first-order chi connectivity index (χ1) is 13.8. The monoisotopic (exact) mass is 380 g/mol. The summed E-state index contributed by atoms with van der Waals surface area (Å²) in [4.78, 5) is 27.8. The van der Waals surface area contributed by atoms with Crippen LogP contribution in [0.5, 0.6) is 0 Å². The van der Waals surface area contributed by atoms with Gasteiger partial charge in [-0.05, 0) is 43.2 Å². The molecule has 0 unspecified atom stereocenters. The van der Waals surface area contributed by atoms with Crippen molar-refractivity contribution in [2.45, 2.75) is 19.3 Å². The molecule has 2 aliphatic rings. The highest BCUT2D eigenvalue weighted by Crippen LogP contribution is 2.22. The average Bonchev–Trinajstić information content (AvgIpc) is 3.29. The van der Waals surface area contributed by atoms with E-state index in [1.165, 1.54) is 18.5 Å². The van der Waals surface area contributed by atoms with Gasteiger partial charge in [0.1, 0.15) is 0 Å². The molecule has 1 aromatic heterocycles. The molecule has 2 fully saturated rings. The van der Waals surface area contributed by atoms with Crippen molar-refractivity contribution in [2.24, 2.45) is 0 Å². The van der Waals surface area contributed by atoms with Gasteiger partial charge in [0.25, 0.3) is 0 Å². The SMILES string of the molecule is O=C(CCN1CCN(c2ncccn2)CC1)Nc1ccc(N2CCCC2)cc1. The van der Waals surface area contributed by atoms with Crippen LogP contribution in [0.15, 0.2) is 42.7 Å². The third kappa shape index (κ3) is 4.78. The minimum atomic E-state index is 0.0720. The van der Waals surface area contributed by atoms with Crippen LogP contribution in [0.25, 0.3) is 0 Å². The summed E-state index contributed by atoms with van der Waals surface area (Å²) >= 11 is 0. The molecule has 148 valence electrons. The number of carbonyl (C=O) groups is 1. The Morgan fingerprint density at radius 2 is 1.57 bits per heavy atom. The van der Waals surface area contributed by atoms with Crippen molar-refractivity contribution in [3.8, 4) is 0 Å². The Morgan fingerprint density at radius 3 is 2.25 bits per heavy atom. The minimum absolute atomic E-state index is 0.0720. The van der Waals surface area contributed by atoms with Crippen molar-refractivity contribution in [1.82, 2.24) is 14.9 Å². The zero-order valence-corrected chi connectivity index (χ0v) is 16.3. The fourth-order valence-electron chi connectivity index (χ4n) is 3.84. The van der Waals surface area contributed by atoms with Crippen LogP contribution < -0.4 is 15.1 Å². The highest BCUT2D eigenvalue weighted by molar-refractivity contribution is 5.91. The number of benzene rings is 1. The minimum Gasteiger partial charge on any atom is -0.372 e. The molecule has 4 rings (SSSR count). The van der Waals surface area contributed by atoms with E-state index >= 15 is 0 Å². The Morgan fingerprint density at radius 1 is 0.893 bits per heavy atom. The van der Waals surface area contributed by atoms with Crippen molar-refractivity contribution >= 4 is 23.2 Å². The van der Waals surface area contributed by atoms with E-state index in [0.29, 0.717) is 6.42 Å². The number of anilines is 3. The maximum absolute atomic E-state index is 12.3. The fraction of sp³-hybridized carbons (Fsp3) is 0.476. The standard InChI is InChI=1S/C21H28N6O/c28-20(24-18-4-6-19(7-5-18)26-11-1-2-12-26)8-13-25-14-16-27(17-15-25)21-22-9-3-10-23-21/h3-7,9-10H,1-2,8,11-17H2,(H,24,28). The number of nitrogens with one attached hydrogen (secondary N) is 1. The molecule has 0 bridgehead atoms. The highest BCUT2D eigenvalue weighted by atomic mass is 16.1. The Balaban J connectivity index is 1.19. The summed E-state index contributed by atoms with van der Waals surface area (Å²) in [7, 11) is 0. The van der Waals surface area contributed by atoms with E-state index in [1.54, 1.807) is 12.4 Å². The Labute approximate surface area is 166 Å². The van der Waals surface area contributed by atoms with Crippen LogP contribution in [0.3, 0.4) is 0 Å². The summed E-state index contributed by atoms with van der Waals surface area (Å²) in [5, 5.41) is 3.02. The van der Waals surface area contributed by atoms with Crippen LogP contribution in [0.1, 0.15) is 19.3 Å². The number of aromatic nitrogens is 2. The molecule has 7 heteroatoms. The molecule has 0 spiro atoms. The van der Waals surface area contributed by atoms with Gasteiger partial charge in [-0.15, -0.1) is 0 Å². The van der Waals surface area contributed by atoms with E-state index < -0.39 is 0 Å². The lowest BCUT2D eigenvalue weighted by molar-refractivity contribution is -0.116. The molecule has 1 aromatic carbocycles. The smallest absolute Gasteiger partial charge is 0.225 e. The first-order valence-corrected chi connectivity index (χ1v) is 10.2. The molecule has 2 aromatic rings. The van der Waals surface area contributed by atoms with Crippen molar-refractivity contribution in [1.29, 1.82) is 0 Å². The van der Waals surface area contributed by atoms with Gasteiger partial charge in [0, 0.05) is 76.0 Å². The van der Waals surface area contributed by atoms with Crippen molar-refractivity contribution in [2.75, 3.05) is 60.9 Å². The lowest BCUT2D eigenvalue weighted by Crippen LogP contribution is -2.47. The summed E-state index contributed by atoms with van der Waals surface area (Å²) < 4.78 is 0. The average molecular weight is 380 g/mol. The molecule has 0 radical (unpaired) electrons. The molecule has 28 heavy (non-hydrogen) atoms. The van der Waals surface area contributed by atoms with E-state index in [2.05, 4.69) is 42.1 Å². The lowest BCUT2D eigenvalue weighted by Gasteiger charge is -2.34. The molecule has 0 saturated carbocycles. The number of amides is 1. The van der Waals surface area contributed by atoms with Gasteiger partial charge in [0.05, 0.1) is 0 Å². The molecule has 0 atom stereocenters. The Hall–Kier alpha value is -2.67. The molecule has 1 N–H and O–H groups in total. The molecule has 2 saturated heterocycles. The molecular formula is C21H28N6O. The zero-order chi connectivity index (χ0) is 19.2. The molecule has 1 amide bonds. The van der Waals surface area contributed by atoms with E-state index in [0.717, 1.165) is 57.4 Å². The molecule has 7 nitrogen and oxygen atoms in total. The van der Waals surface area contributed by atoms with Gasteiger partial charge in [0.2, 0.25) is 11.9 Å². The number of hydrogen-bond donors (Lipinski definition) is 1. The van der Waals surface area contributed by atoms with E-state index in [-0.39, 0.29) is 5.91 Å². The van der Waals surface area contributed by atoms with Crippen LogP contribution in [0.4, 0.5) is 17.3 Å². The summed E-state index contributed by atoms with van der Waals surface area (Å²) in [6.07, 6.45) is 6.60. The van der Waals surface area contributed by atoms with Gasteiger partial charge in [0.15, 0.2) is 0 Å². The summed E-state index contributed by atoms with van der Waals surface area (Å²) in [5.41, 5.74) is 2.12. The maximum Gasteiger partial charge on any atom is 0.225 e. The second-order valence-electron chi connectivity index (χ2n) is 7.42. The number of carbonyl (C=O) groups excluding carboxylic acids is 1. The zero-order valence-electron chi connectivity index (χ0n) is 16.3. The second kappa shape index (κ2) is 9.01. The predicted molar refractivity (Wildman–Crippen MR) is 112 cm³/mol. The number of nitrogens with zero attached hydrogens (tertiary/aromatic N) is 5. The molecule has 0 aliphatic carbocycles. The van der Waals surface area contributed by atoms with Gasteiger partial charge in [-0.3, -0.25) is 9.69 Å². The Bertz CT molecular complexity index is 752. The van der Waals surface area contributed by atoms with Crippen LogP contribution in [0, 0.1) is 0 Å². The summed E-state index contributed by atoms with van der Waals surface area (Å²) in [6, 6.07) is 10.0. The third-order valence-electron chi connectivity index (χ3n) is 5.48. The van der Waals surface area contributed by atoms with Gasteiger partial charge >= 0.3 is 0 Å². The Kier molecular flexibility index (Phi) is 6.01. The number of rotatable bonds is 6. The normalized spacial score (nSPS) is 17.7.